The number of amides is 1. The van der Waals surface area contributed by atoms with Crippen molar-refractivity contribution in [3.8, 4) is 22.6 Å². The summed E-state index contributed by atoms with van der Waals surface area (Å²) in [5.74, 6) is -0.236. The fourth-order valence-electron chi connectivity index (χ4n) is 3.93. The van der Waals surface area contributed by atoms with Crippen LogP contribution in [0.5, 0.6) is 0 Å². The molecular weight excluding hydrogens is 524 g/mol. The predicted molar refractivity (Wildman–Crippen MR) is 152 cm³/mol. The molecule has 10 heteroatoms. The summed E-state index contributed by atoms with van der Waals surface area (Å²) in [5, 5.41) is 10.7. The number of hydrogen-bond acceptors (Lipinski definition) is 8. The maximum Gasteiger partial charge on any atom is 0.413 e. The number of hydrogen-bond donors (Lipinski definition) is 2. The zero-order valence-electron chi connectivity index (χ0n) is 22.8. The highest BCUT2D eigenvalue weighted by Crippen LogP contribution is 2.25. The van der Waals surface area contributed by atoms with Gasteiger partial charge < -0.3 is 18.8 Å². The van der Waals surface area contributed by atoms with E-state index in [2.05, 4.69) is 10.1 Å². The minimum atomic E-state index is -0.692. The maximum absolute atomic E-state index is 12.1. The molecule has 0 saturated carbocycles. The number of ether oxygens (including phenoxy) is 3. The Morgan fingerprint density at radius 1 is 0.854 bits per heavy atom. The molecule has 4 aromatic rings. The number of aryl methyl sites for hydroxylation is 2. The third kappa shape index (κ3) is 8.37. The van der Waals surface area contributed by atoms with Crippen molar-refractivity contribution >= 4 is 23.9 Å². The Kier molecular flexibility index (Phi) is 9.61. The molecule has 0 saturated heterocycles. The third-order valence-corrected chi connectivity index (χ3v) is 6.10. The second-order valence-corrected chi connectivity index (χ2v) is 9.17. The van der Waals surface area contributed by atoms with Crippen molar-refractivity contribution < 1.29 is 28.6 Å². The number of rotatable bonds is 10. The van der Waals surface area contributed by atoms with Crippen molar-refractivity contribution in [3.63, 3.8) is 0 Å². The van der Waals surface area contributed by atoms with Gasteiger partial charge in [0.05, 0.1) is 5.69 Å². The molecule has 210 valence electrons. The van der Waals surface area contributed by atoms with E-state index >= 15 is 0 Å². The van der Waals surface area contributed by atoms with Crippen LogP contribution < -0.4 is 5.32 Å². The molecular formula is C31H30N4O6. The van der Waals surface area contributed by atoms with E-state index in [0.29, 0.717) is 12.0 Å². The minimum absolute atomic E-state index is 0.0610. The molecule has 1 heterocycles. The second-order valence-electron chi connectivity index (χ2n) is 9.17. The van der Waals surface area contributed by atoms with Gasteiger partial charge in [0.2, 0.25) is 6.79 Å². The van der Waals surface area contributed by atoms with Crippen LogP contribution in [0.2, 0.25) is 0 Å². The van der Waals surface area contributed by atoms with Crippen LogP contribution in [0, 0.1) is 5.41 Å². The molecule has 0 bridgehead atoms. The zero-order valence-corrected chi connectivity index (χ0v) is 22.8. The Bertz CT molecular complexity index is 1510. The molecule has 3 aromatic carbocycles. The van der Waals surface area contributed by atoms with E-state index in [9.17, 15) is 14.4 Å². The van der Waals surface area contributed by atoms with Crippen molar-refractivity contribution in [2.24, 2.45) is 7.05 Å². The first kappa shape index (κ1) is 28.8. The first-order valence-electron chi connectivity index (χ1n) is 12.9. The van der Waals surface area contributed by atoms with Crippen LogP contribution in [-0.4, -0.2) is 40.2 Å². The first-order chi connectivity index (χ1) is 19.8. The number of carbonyl (C=O) groups is 3. The molecule has 4 rings (SSSR count). The quantitative estimate of drug-likeness (QED) is 0.122. The fourth-order valence-corrected chi connectivity index (χ4v) is 3.93. The second kappa shape index (κ2) is 13.7. The van der Waals surface area contributed by atoms with Crippen LogP contribution in [0.25, 0.3) is 22.6 Å². The zero-order chi connectivity index (χ0) is 29.2. The molecule has 0 fully saturated rings. The number of amidine groups is 1. The highest BCUT2D eigenvalue weighted by Gasteiger charge is 2.12. The molecule has 2 N–H and O–H groups in total. The number of aromatic nitrogens is 2. The standard InChI is InChI=1S/C31H30N4O6/c1-21(36)40-20-41-28(37)17-10-22-8-11-26(12-9-22)30-33-27(18-35(30)2)24-13-15-25(16-14-24)29(32)34-31(38)39-19-23-6-4-3-5-7-23/h3-9,11-16,18H,10,17,19-20H2,1-2H3,(H2,32,34,38). The molecule has 0 aliphatic carbocycles. The molecule has 0 radical (unpaired) electrons. The van der Waals surface area contributed by atoms with Gasteiger partial charge in [0, 0.05) is 43.3 Å². The average Bonchev–Trinajstić information content (AvgIpc) is 3.37. The highest BCUT2D eigenvalue weighted by molar-refractivity contribution is 6.04. The lowest BCUT2D eigenvalue weighted by Gasteiger charge is -2.08. The van der Waals surface area contributed by atoms with Gasteiger partial charge in [0.25, 0.3) is 0 Å². The summed E-state index contributed by atoms with van der Waals surface area (Å²) >= 11 is 0. The van der Waals surface area contributed by atoms with Crippen molar-refractivity contribution in [1.29, 1.82) is 5.41 Å². The van der Waals surface area contributed by atoms with Crippen LogP contribution in [0.15, 0.2) is 85.1 Å². The predicted octanol–water partition coefficient (Wildman–Crippen LogP) is 5.00. The van der Waals surface area contributed by atoms with E-state index in [1.54, 1.807) is 12.1 Å². The lowest BCUT2D eigenvalue weighted by atomic mass is 10.1. The van der Waals surface area contributed by atoms with Crippen LogP contribution in [-0.2, 0) is 43.9 Å². The average molecular weight is 555 g/mol. The summed E-state index contributed by atoms with van der Waals surface area (Å²) in [4.78, 5) is 39.4. The van der Waals surface area contributed by atoms with Gasteiger partial charge in [0.15, 0.2) is 0 Å². The summed E-state index contributed by atoms with van der Waals surface area (Å²) in [7, 11) is 1.91. The van der Waals surface area contributed by atoms with Gasteiger partial charge in [-0.15, -0.1) is 0 Å². The van der Waals surface area contributed by atoms with E-state index in [-0.39, 0.29) is 25.7 Å². The molecule has 0 aliphatic rings. The van der Waals surface area contributed by atoms with Crippen molar-refractivity contribution in [3.05, 3.63) is 102 Å². The summed E-state index contributed by atoms with van der Waals surface area (Å²) in [6.07, 6.45) is 1.89. The number of nitrogens with zero attached hydrogens (tertiary/aromatic N) is 2. The van der Waals surface area contributed by atoms with Crippen LogP contribution in [0.4, 0.5) is 4.79 Å². The maximum atomic E-state index is 12.1. The van der Waals surface area contributed by atoms with Crippen molar-refractivity contribution in [1.82, 2.24) is 14.9 Å². The van der Waals surface area contributed by atoms with Gasteiger partial charge in [-0.2, -0.15) is 0 Å². The lowest BCUT2D eigenvalue weighted by Crippen LogP contribution is -2.30. The van der Waals surface area contributed by atoms with Gasteiger partial charge in [-0.25, -0.2) is 9.78 Å². The van der Waals surface area contributed by atoms with Gasteiger partial charge >= 0.3 is 18.0 Å². The van der Waals surface area contributed by atoms with E-state index in [0.717, 1.165) is 33.8 Å². The molecule has 1 amide bonds. The number of nitrogens with one attached hydrogen (secondary N) is 2. The molecule has 41 heavy (non-hydrogen) atoms. The monoisotopic (exact) mass is 554 g/mol. The summed E-state index contributed by atoms with van der Waals surface area (Å²) in [5.41, 5.74) is 4.89. The Morgan fingerprint density at radius 3 is 2.22 bits per heavy atom. The molecule has 0 aliphatic heterocycles. The van der Waals surface area contributed by atoms with E-state index in [4.69, 9.17) is 19.9 Å². The minimum Gasteiger partial charge on any atom is -0.444 e. The number of imidazole rings is 1. The van der Waals surface area contributed by atoms with Crippen LogP contribution in [0.3, 0.4) is 0 Å². The van der Waals surface area contributed by atoms with Gasteiger partial charge in [0.1, 0.15) is 18.3 Å². The van der Waals surface area contributed by atoms with Crippen molar-refractivity contribution in [2.45, 2.75) is 26.4 Å². The van der Waals surface area contributed by atoms with Crippen LogP contribution >= 0.6 is 0 Å². The fraction of sp³-hybridized carbons (Fsp3) is 0.194. The van der Waals surface area contributed by atoms with Crippen LogP contribution in [0.1, 0.15) is 30.0 Å². The van der Waals surface area contributed by atoms with Gasteiger partial charge in [-0.3, -0.25) is 20.3 Å². The molecule has 0 atom stereocenters. The lowest BCUT2D eigenvalue weighted by molar-refractivity contribution is -0.165. The summed E-state index contributed by atoms with van der Waals surface area (Å²) in [6, 6.07) is 24.3. The third-order valence-electron chi connectivity index (χ3n) is 6.10. The molecule has 0 spiro atoms. The Balaban J connectivity index is 1.31. The number of esters is 2. The number of alkyl carbamates (subject to hydrolysis) is 1. The Morgan fingerprint density at radius 2 is 1.54 bits per heavy atom. The topological polar surface area (TPSA) is 133 Å². The van der Waals surface area contributed by atoms with E-state index in [1.165, 1.54) is 6.92 Å². The van der Waals surface area contributed by atoms with Gasteiger partial charge in [-0.1, -0.05) is 78.9 Å². The largest absolute Gasteiger partial charge is 0.444 e. The SMILES string of the molecule is CC(=O)OCOC(=O)CCc1ccc(-c2nc(-c3ccc(C(=N)NC(=O)OCc4ccccc4)cc3)cn2C)cc1. The number of carbonyl (C=O) groups excluding carboxylic acids is 3. The van der Waals surface area contributed by atoms with E-state index < -0.39 is 18.0 Å². The Labute approximate surface area is 237 Å². The smallest absolute Gasteiger partial charge is 0.413 e. The summed E-state index contributed by atoms with van der Waals surface area (Å²) in [6.45, 7) is 0.995. The molecule has 0 unspecified atom stereocenters. The molecule has 10 nitrogen and oxygen atoms in total. The van der Waals surface area contributed by atoms with E-state index in [1.807, 2.05) is 84.5 Å². The Hall–Kier alpha value is -5.25. The molecule has 1 aromatic heterocycles. The highest BCUT2D eigenvalue weighted by atomic mass is 16.7. The summed E-state index contributed by atoms with van der Waals surface area (Å²) < 4.78 is 16.6. The first-order valence-corrected chi connectivity index (χ1v) is 12.9. The van der Waals surface area contributed by atoms with Gasteiger partial charge in [-0.05, 0) is 17.5 Å². The van der Waals surface area contributed by atoms with Crippen molar-refractivity contribution in [2.75, 3.05) is 6.79 Å². The normalized spacial score (nSPS) is 10.5. The number of benzene rings is 3.